The highest BCUT2D eigenvalue weighted by Crippen LogP contribution is 2.49. The molecule has 254 valence electrons. The van der Waals surface area contributed by atoms with Gasteiger partial charge in [0.05, 0.1) is 23.7 Å². The summed E-state index contributed by atoms with van der Waals surface area (Å²) < 4.78 is 11.4. The second-order valence-corrected chi connectivity index (χ2v) is 14.8. The number of fused-ring (bicyclic) bond motifs is 1. The number of nitrogens with one attached hydrogen (secondary N) is 2. The Kier molecular flexibility index (Phi) is 11.2. The van der Waals surface area contributed by atoms with E-state index >= 15 is 0 Å². The molecule has 10 heteroatoms. The lowest BCUT2D eigenvalue weighted by Crippen LogP contribution is -2.58. The molecule has 4 rings (SSSR count). The maximum atomic E-state index is 13.9. The van der Waals surface area contributed by atoms with Gasteiger partial charge in [0.2, 0.25) is 5.91 Å². The first-order valence-corrected chi connectivity index (χ1v) is 17.2. The number of hydrogen-bond donors (Lipinski definition) is 2. The van der Waals surface area contributed by atoms with Crippen molar-refractivity contribution in [3.8, 4) is 5.75 Å². The van der Waals surface area contributed by atoms with Crippen molar-refractivity contribution in [1.29, 1.82) is 0 Å². The molecule has 2 aliphatic rings. The minimum Gasteiger partial charge on any atom is -0.494 e. The molecule has 0 spiro atoms. The summed E-state index contributed by atoms with van der Waals surface area (Å²) in [6.45, 7) is 16.5. The number of unbranched alkanes of at least 4 members (excludes halogenated alkanes) is 2. The van der Waals surface area contributed by atoms with E-state index in [1.54, 1.807) is 11.0 Å². The summed E-state index contributed by atoms with van der Waals surface area (Å²) in [4.78, 5) is 61.9. The molecule has 1 aromatic carbocycles. The van der Waals surface area contributed by atoms with Crippen molar-refractivity contribution in [1.82, 2.24) is 20.2 Å². The standard InChI is InChI=1S/C36H54N4O6/c1-9-23-18-19-40(29(23)30(41)22(3)4)33(43)31(35(5,6)7)39-34(44)46-36(8)21-24(36)14-12-11-13-15-27-32(42)38-28-20-25(45-10-2)16-17-26(28)37-27/h16-17,20,22-24,29,31H,9-15,18-19,21H2,1-8H3,(H,38,42)(H,39,44). The Balaban J connectivity index is 1.26. The number of aryl methyl sites for hydroxylation is 1. The highest BCUT2D eigenvalue weighted by Gasteiger charge is 2.54. The average molecular weight is 639 g/mol. The van der Waals surface area contributed by atoms with Crippen LogP contribution in [0.25, 0.3) is 11.0 Å². The van der Waals surface area contributed by atoms with Crippen molar-refractivity contribution in [2.45, 2.75) is 124 Å². The lowest BCUT2D eigenvalue weighted by atomic mass is 9.84. The van der Waals surface area contributed by atoms with Crippen molar-refractivity contribution < 1.29 is 23.9 Å². The molecule has 2 fully saturated rings. The Morgan fingerprint density at radius 3 is 2.54 bits per heavy atom. The first-order valence-electron chi connectivity index (χ1n) is 17.2. The monoisotopic (exact) mass is 638 g/mol. The van der Waals surface area contributed by atoms with Crippen LogP contribution >= 0.6 is 0 Å². The highest BCUT2D eigenvalue weighted by molar-refractivity contribution is 5.94. The molecule has 0 bridgehead atoms. The molecule has 1 aliphatic carbocycles. The zero-order chi connectivity index (χ0) is 33.8. The van der Waals surface area contributed by atoms with Crippen molar-refractivity contribution in [2.24, 2.45) is 23.2 Å². The summed E-state index contributed by atoms with van der Waals surface area (Å²) in [5, 5.41) is 2.88. The van der Waals surface area contributed by atoms with Crippen molar-refractivity contribution in [2.75, 3.05) is 13.2 Å². The van der Waals surface area contributed by atoms with Crippen LogP contribution in [0.15, 0.2) is 23.0 Å². The van der Waals surface area contributed by atoms with Gasteiger partial charge < -0.3 is 24.7 Å². The summed E-state index contributed by atoms with van der Waals surface area (Å²) in [6, 6.07) is 4.26. The number of benzene rings is 1. The minimum absolute atomic E-state index is 0.0815. The number of carbonyl (C=O) groups is 3. The van der Waals surface area contributed by atoms with Crippen molar-refractivity contribution in [3.63, 3.8) is 0 Å². The maximum Gasteiger partial charge on any atom is 0.408 e. The van der Waals surface area contributed by atoms with Crippen LogP contribution in [0, 0.1) is 23.2 Å². The second-order valence-electron chi connectivity index (χ2n) is 14.8. The first-order chi connectivity index (χ1) is 21.7. The summed E-state index contributed by atoms with van der Waals surface area (Å²) in [5.41, 5.74) is 0.649. The number of nitrogens with zero attached hydrogens (tertiary/aromatic N) is 2. The number of aromatic amines is 1. The fraction of sp³-hybridized carbons (Fsp3) is 0.694. The molecule has 2 aromatic rings. The quantitative estimate of drug-likeness (QED) is 0.236. The predicted molar refractivity (Wildman–Crippen MR) is 179 cm³/mol. The lowest BCUT2D eigenvalue weighted by Gasteiger charge is -2.36. The van der Waals surface area contributed by atoms with Gasteiger partial charge in [0.25, 0.3) is 5.56 Å². The molecular formula is C36H54N4O6. The van der Waals surface area contributed by atoms with Gasteiger partial charge in [0, 0.05) is 24.4 Å². The molecule has 1 aromatic heterocycles. The van der Waals surface area contributed by atoms with Crippen LogP contribution in [0.3, 0.4) is 0 Å². The van der Waals surface area contributed by atoms with E-state index in [4.69, 9.17) is 9.47 Å². The van der Waals surface area contributed by atoms with Crippen LogP contribution < -0.4 is 15.6 Å². The normalized spacial score (nSPS) is 23.4. The van der Waals surface area contributed by atoms with Crippen LogP contribution in [0.1, 0.15) is 106 Å². The number of amides is 2. The van der Waals surface area contributed by atoms with E-state index in [0.717, 1.165) is 50.5 Å². The topological polar surface area (TPSA) is 131 Å². The fourth-order valence-corrected chi connectivity index (χ4v) is 6.78. The maximum absolute atomic E-state index is 13.9. The Labute approximate surface area is 273 Å². The largest absolute Gasteiger partial charge is 0.494 e. The van der Waals surface area contributed by atoms with Gasteiger partial charge in [-0.2, -0.15) is 0 Å². The van der Waals surface area contributed by atoms with Crippen molar-refractivity contribution in [3.05, 3.63) is 34.2 Å². The Bertz CT molecular complexity index is 1460. The van der Waals surface area contributed by atoms with Crippen molar-refractivity contribution >= 4 is 28.8 Å². The molecular weight excluding hydrogens is 584 g/mol. The summed E-state index contributed by atoms with van der Waals surface area (Å²) in [7, 11) is 0. The number of H-pyrrole nitrogens is 1. The van der Waals surface area contributed by atoms with E-state index in [2.05, 4.69) is 22.2 Å². The van der Waals surface area contributed by atoms with E-state index in [0.29, 0.717) is 36.5 Å². The molecule has 46 heavy (non-hydrogen) atoms. The Hall–Kier alpha value is -3.43. The zero-order valence-corrected chi connectivity index (χ0v) is 29.0. The first kappa shape index (κ1) is 35.4. The van der Waals surface area contributed by atoms with Crippen LogP contribution in [0.5, 0.6) is 5.75 Å². The van der Waals surface area contributed by atoms with Crippen LogP contribution in [-0.4, -0.2) is 63.5 Å². The number of aromatic nitrogens is 2. The molecule has 1 saturated heterocycles. The molecule has 2 heterocycles. The molecule has 2 amide bonds. The molecule has 1 saturated carbocycles. The van der Waals surface area contributed by atoms with Gasteiger partial charge in [-0.05, 0) is 69.4 Å². The minimum atomic E-state index is -0.808. The number of likely N-dealkylation sites (tertiary alicyclic amines) is 1. The van der Waals surface area contributed by atoms with Gasteiger partial charge in [-0.3, -0.25) is 14.4 Å². The lowest BCUT2D eigenvalue weighted by molar-refractivity contribution is -0.143. The fourth-order valence-electron chi connectivity index (χ4n) is 6.78. The number of alkyl carbamates (subject to hydrolysis) is 1. The van der Waals surface area contributed by atoms with Gasteiger partial charge in [0.15, 0.2) is 5.78 Å². The SMILES string of the molecule is CCOc1ccc2nc(CCCCCC3CC3(C)OC(=O)NC(C(=O)N3CCC(CC)C3C(=O)C(C)C)C(C)(C)C)c(=O)[nH]c2c1. The number of carbonyl (C=O) groups excluding carboxylic acids is 3. The van der Waals surface area contributed by atoms with E-state index in [9.17, 15) is 19.2 Å². The van der Waals surface area contributed by atoms with Gasteiger partial charge in [-0.15, -0.1) is 0 Å². The van der Waals surface area contributed by atoms with E-state index in [1.165, 1.54) is 0 Å². The van der Waals surface area contributed by atoms with Gasteiger partial charge in [0.1, 0.15) is 23.1 Å². The second kappa shape index (κ2) is 14.6. The number of Topliss-reactive ketones (excluding diaryl/α,β-unsaturated/α-hetero) is 1. The molecule has 5 atom stereocenters. The van der Waals surface area contributed by atoms with E-state index < -0.39 is 29.2 Å². The molecule has 5 unspecified atom stereocenters. The van der Waals surface area contributed by atoms with Crippen LogP contribution in [0.4, 0.5) is 4.79 Å². The molecule has 10 nitrogen and oxygen atoms in total. The Morgan fingerprint density at radius 1 is 1.15 bits per heavy atom. The summed E-state index contributed by atoms with van der Waals surface area (Å²) in [6.07, 6.45) is 6.05. The highest BCUT2D eigenvalue weighted by atomic mass is 16.6. The van der Waals surface area contributed by atoms with E-state index in [1.807, 2.05) is 60.6 Å². The third kappa shape index (κ3) is 8.28. The van der Waals surface area contributed by atoms with Crippen LogP contribution in [-0.2, 0) is 20.7 Å². The molecule has 0 radical (unpaired) electrons. The molecule has 2 N–H and O–H groups in total. The predicted octanol–water partition coefficient (Wildman–Crippen LogP) is 6.20. The van der Waals surface area contributed by atoms with Crippen LogP contribution in [0.2, 0.25) is 0 Å². The van der Waals surface area contributed by atoms with Gasteiger partial charge in [-0.25, -0.2) is 9.78 Å². The average Bonchev–Trinajstić information content (AvgIpc) is 3.41. The van der Waals surface area contributed by atoms with Gasteiger partial charge in [-0.1, -0.05) is 60.8 Å². The number of rotatable bonds is 14. The number of ether oxygens (including phenoxy) is 2. The van der Waals surface area contributed by atoms with E-state index in [-0.39, 0.29) is 35.0 Å². The van der Waals surface area contributed by atoms with Gasteiger partial charge >= 0.3 is 6.09 Å². The summed E-state index contributed by atoms with van der Waals surface area (Å²) >= 11 is 0. The Morgan fingerprint density at radius 2 is 1.89 bits per heavy atom. The molecule has 1 aliphatic heterocycles. The smallest absolute Gasteiger partial charge is 0.408 e. The number of hydrogen-bond acceptors (Lipinski definition) is 7. The summed E-state index contributed by atoms with van der Waals surface area (Å²) in [5.74, 6) is 0.788. The third-order valence-corrected chi connectivity index (χ3v) is 9.76. The third-order valence-electron chi connectivity index (χ3n) is 9.76. The number of ketones is 1. The zero-order valence-electron chi connectivity index (χ0n) is 29.0.